The van der Waals surface area contributed by atoms with Crippen molar-refractivity contribution in [2.24, 2.45) is 0 Å². The first-order chi connectivity index (χ1) is 5.13. The molecule has 2 N–H and O–H groups in total. The Bertz CT molecular complexity index is 286. The smallest absolute Gasteiger partial charge is 0.224 e. The van der Waals surface area contributed by atoms with Crippen molar-refractivity contribution >= 4 is 23.1 Å². The van der Waals surface area contributed by atoms with Gasteiger partial charge in [0.1, 0.15) is 0 Å². The summed E-state index contributed by atoms with van der Waals surface area (Å²) in [7, 11) is 0. The molecule has 67 valence electrons. The molecular formula is C5H3ClN3O2Rh-. The number of nitrogens with zero attached hydrogens (tertiary/aromatic N) is 2. The molecule has 0 amide bonds. The molecule has 0 aromatic carbocycles. The van der Waals surface area contributed by atoms with Crippen LogP contribution in [0.2, 0.25) is 5.02 Å². The topological polar surface area (TPSA) is 82.0 Å². The molecule has 0 saturated heterocycles. The van der Waals surface area contributed by atoms with Crippen LogP contribution in [0.4, 0.5) is 11.5 Å². The average Bonchev–Trinajstić information content (AvgIpc) is 1.85. The van der Waals surface area contributed by atoms with E-state index in [0.29, 0.717) is 0 Å². The molecule has 0 aliphatic carbocycles. The van der Waals surface area contributed by atoms with Gasteiger partial charge in [0.05, 0.1) is 5.82 Å². The van der Waals surface area contributed by atoms with E-state index in [1.54, 1.807) is 0 Å². The van der Waals surface area contributed by atoms with Gasteiger partial charge >= 0.3 is 0 Å². The first kappa shape index (κ1) is 11.3. The number of pyridine rings is 1. The van der Waals surface area contributed by atoms with Gasteiger partial charge in [0, 0.05) is 29.4 Å². The van der Waals surface area contributed by atoms with Crippen LogP contribution in [0.1, 0.15) is 0 Å². The zero-order chi connectivity index (χ0) is 8.43. The second-order valence-corrected chi connectivity index (χ2v) is 2.13. The van der Waals surface area contributed by atoms with Crippen molar-refractivity contribution in [3.63, 3.8) is 0 Å². The van der Waals surface area contributed by atoms with E-state index in [9.17, 15) is 10.1 Å². The van der Waals surface area contributed by atoms with Crippen molar-refractivity contribution in [1.82, 2.24) is 4.98 Å². The summed E-state index contributed by atoms with van der Waals surface area (Å²) in [5, 5.41) is 10.2. The number of halogens is 1. The van der Waals surface area contributed by atoms with Gasteiger partial charge in [-0.2, -0.15) is 11.6 Å². The molecule has 7 heteroatoms. The fraction of sp³-hybridized carbons (Fsp3) is 0. The quantitative estimate of drug-likeness (QED) is 0.359. The molecule has 5 nitrogen and oxygen atoms in total. The number of aromatic nitrogens is 1. The van der Waals surface area contributed by atoms with Gasteiger partial charge in [0.15, 0.2) is 0 Å². The number of nitrogens with two attached hydrogens (primary N) is 1. The minimum atomic E-state index is -0.682. The van der Waals surface area contributed by atoms with E-state index in [2.05, 4.69) is 11.2 Å². The Morgan fingerprint density at radius 3 is 2.67 bits per heavy atom. The predicted molar refractivity (Wildman–Crippen MR) is 39.1 cm³/mol. The Labute approximate surface area is 85.8 Å². The van der Waals surface area contributed by atoms with Gasteiger partial charge in [-0.05, 0) is 0 Å². The number of nitro groups is 1. The summed E-state index contributed by atoms with van der Waals surface area (Å²) in [6.45, 7) is 0. The van der Waals surface area contributed by atoms with Gasteiger partial charge < -0.3 is 10.7 Å². The zero-order valence-corrected chi connectivity index (χ0v) is 7.97. The van der Waals surface area contributed by atoms with Gasteiger partial charge in [-0.3, -0.25) is 10.1 Å². The number of hydrogen-bond donors (Lipinski definition) is 1. The summed E-state index contributed by atoms with van der Waals surface area (Å²) >= 11 is 5.43. The van der Waals surface area contributed by atoms with Crippen molar-refractivity contribution < 1.29 is 24.4 Å². The molecule has 1 heterocycles. The van der Waals surface area contributed by atoms with E-state index < -0.39 is 4.92 Å². The molecule has 1 aromatic heterocycles. The van der Waals surface area contributed by atoms with Gasteiger partial charge in [0.2, 0.25) is 5.69 Å². The fourth-order valence-electron chi connectivity index (χ4n) is 0.583. The molecule has 0 aliphatic heterocycles. The maximum absolute atomic E-state index is 10.2. The maximum Gasteiger partial charge on any atom is 0.224 e. The van der Waals surface area contributed by atoms with Crippen LogP contribution < -0.4 is 5.73 Å². The van der Waals surface area contributed by atoms with E-state index in [0.717, 1.165) is 0 Å². The van der Waals surface area contributed by atoms with Gasteiger partial charge in [-0.25, -0.2) is 0 Å². The minimum Gasteiger partial charge on any atom is -0.430 e. The number of rotatable bonds is 1. The number of hydrogen-bond acceptors (Lipinski definition) is 4. The van der Waals surface area contributed by atoms with E-state index >= 15 is 0 Å². The summed E-state index contributed by atoms with van der Waals surface area (Å²) in [6.07, 6.45) is 2.31. The molecule has 12 heavy (non-hydrogen) atoms. The number of anilines is 1. The van der Waals surface area contributed by atoms with Crippen LogP contribution in [0.15, 0.2) is 6.07 Å². The van der Waals surface area contributed by atoms with E-state index in [-0.39, 0.29) is 36.0 Å². The van der Waals surface area contributed by atoms with Crippen molar-refractivity contribution in [2.45, 2.75) is 0 Å². The molecule has 0 spiro atoms. The van der Waals surface area contributed by atoms with Gasteiger partial charge in [-0.15, -0.1) is 6.07 Å². The third-order valence-corrected chi connectivity index (χ3v) is 1.32. The van der Waals surface area contributed by atoms with Crippen LogP contribution in [-0.2, 0) is 19.5 Å². The SMILES string of the molecule is Nc1n[c-]cc(Cl)c1[N+](=O)[O-].[Rh]. The van der Waals surface area contributed by atoms with Crippen LogP contribution in [0, 0.1) is 16.3 Å². The van der Waals surface area contributed by atoms with Crippen LogP contribution in [0.5, 0.6) is 0 Å². The van der Waals surface area contributed by atoms with Crippen molar-refractivity contribution in [3.05, 3.63) is 27.4 Å². The third kappa shape index (κ3) is 2.12. The maximum atomic E-state index is 10.2. The fourth-order valence-corrected chi connectivity index (χ4v) is 0.797. The monoisotopic (exact) mass is 275 g/mol. The molecule has 1 radical (unpaired) electrons. The third-order valence-electron chi connectivity index (χ3n) is 1.03. The minimum absolute atomic E-state index is 0. The van der Waals surface area contributed by atoms with E-state index in [1.165, 1.54) is 6.07 Å². The van der Waals surface area contributed by atoms with Gasteiger partial charge in [-0.1, -0.05) is 6.20 Å². The summed E-state index contributed by atoms with van der Waals surface area (Å²) < 4.78 is 0. The standard InChI is InChI=1S/C5H3ClN3O2.Rh/c6-3-1-2-8-5(7)4(3)9(10)11;/h1H,(H2,7,8);/q-1;. The average molecular weight is 275 g/mol. The first-order valence-corrected chi connectivity index (χ1v) is 2.97. The van der Waals surface area contributed by atoms with Crippen molar-refractivity contribution in [3.8, 4) is 0 Å². The second kappa shape index (κ2) is 4.33. The summed E-state index contributed by atoms with van der Waals surface area (Å²) in [5.74, 6) is -0.220. The van der Waals surface area contributed by atoms with E-state index in [1.807, 2.05) is 0 Å². The van der Waals surface area contributed by atoms with E-state index in [4.69, 9.17) is 17.3 Å². The molecular weight excluding hydrogens is 272 g/mol. The molecule has 1 rings (SSSR count). The first-order valence-electron chi connectivity index (χ1n) is 2.59. The molecule has 0 saturated carbocycles. The second-order valence-electron chi connectivity index (χ2n) is 1.72. The largest absolute Gasteiger partial charge is 0.430 e. The predicted octanol–water partition coefficient (Wildman–Crippen LogP) is 1.02. The van der Waals surface area contributed by atoms with Crippen molar-refractivity contribution in [2.75, 3.05) is 5.73 Å². The summed E-state index contributed by atoms with van der Waals surface area (Å²) in [5.41, 5.74) is 4.78. The van der Waals surface area contributed by atoms with Crippen LogP contribution in [0.3, 0.4) is 0 Å². The molecule has 0 atom stereocenters. The molecule has 0 bridgehead atoms. The normalized spacial score (nSPS) is 8.75. The van der Waals surface area contributed by atoms with Crippen LogP contribution in [0.25, 0.3) is 0 Å². The van der Waals surface area contributed by atoms with Crippen LogP contribution >= 0.6 is 11.6 Å². The number of nitrogen functional groups attached to an aromatic ring is 1. The summed E-state index contributed by atoms with van der Waals surface area (Å²) in [6, 6.07) is 1.19. The van der Waals surface area contributed by atoms with Gasteiger partial charge in [0.25, 0.3) is 0 Å². The Balaban J connectivity index is 0.00000121. The van der Waals surface area contributed by atoms with Crippen molar-refractivity contribution in [1.29, 1.82) is 0 Å². The zero-order valence-electron chi connectivity index (χ0n) is 5.58. The Morgan fingerprint density at radius 1 is 1.75 bits per heavy atom. The Hall–Kier alpha value is -0.737. The Kier molecular flexibility index (Phi) is 4.06. The molecule has 0 fully saturated rings. The summed E-state index contributed by atoms with van der Waals surface area (Å²) in [4.78, 5) is 12.9. The molecule has 0 aliphatic rings. The molecule has 1 aromatic rings. The Morgan fingerprint density at radius 2 is 2.33 bits per heavy atom. The molecule has 0 unspecified atom stereocenters. The van der Waals surface area contributed by atoms with Crippen LogP contribution in [-0.4, -0.2) is 9.91 Å².